The van der Waals surface area contributed by atoms with Crippen LogP contribution in [0.1, 0.15) is 0 Å². The summed E-state index contributed by atoms with van der Waals surface area (Å²) in [5.41, 5.74) is 11.8. The molecule has 55 heavy (non-hydrogen) atoms. The van der Waals surface area contributed by atoms with Crippen LogP contribution in [0.3, 0.4) is 0 Å². The summed E-state index contributed by atoms with van der Waals surface area (Å²) in [6, 6.07) is 75.1. The van der Waals surface area contributed by atoms with E-state index in [1.807, 2.05) is 11.3 Å². The van der Waals surface area contributed by atoms with Crippen LogP contribution in [0.25, 0.3) is 80.7 Å². The van der Waals surface area contributed by atoms with Crippen LogP contribution >= 0.6 is 11.3 Å². The first-order valence-electron chi connectivity index (χ1n) is 18.8. The first-order chi connectivity index (χ1) is 27.3. The molecule has 3 heteroatoms. The molecule has 0 amide bonds. The van der Waals surface area contributed by atoms with Gasteiger partial charge in [-0.1, -0.05) is 140 Å². The van der Waals surface area contributed by atoms with Crippen LogP contribution in [-0.4, -0.2) is 4.57 Å². The summed E-state index contributed by atoms with van der Waals surface area (Å²) in [4.78, 5) is 2.43. The molecule has 11 aromatic rings. The minimum absolute atomic E-state index is 1.11. The molecule has 11 rings (SSSR count). The minimum atomic E-state index is 1.11. The van der Waals surface area contributed by atoms with Crippen molar-refractivity contribution in [3.8, 4) is 27.9 Å². The lowest BCUT2D eigenvalue weighted by molar-refractivity contribution is 1.18. The zero-order valence-electron chi connectivity index (χ0n) is 29.9. The highest BCUT2D eigenvalue weighted by molar-refractivity contribution is 7.26. The fourth-order valence-electron chi connectivity index (χ4n) is 8.38. The molecule has 2 nitrogen and oxygen atoms in total. The monoisotopic (exact) mass is 718 g/mol. The molecule has 0 atom stereocenters. The molecule has 0 spiro atoms. The number of nitrogens with zero attached hydrogens (tertiary/aromatic N) is 2. The summed E-state index contributed by atoms with van der Waals surface area (Å²) in [6.07, 6.45) is 0. The molecule has 0 saturated heterocycles. The van der Waals surface area contributed by atoms with Crippen LogP contribution in [0.4, 0.5) is 17.1 Å². The summed E-state index contributed by atoms with van der Waals surface area (Å²) in [5.74, 6) is 0. The van der Waals surface area contributed by atoms with Crippen LogP contribution in [0.5, 0.6) is 0 Å². The van der Waals surface area contributed by atoms with E-state index in [0.29, 0.717) is 0 Å². The second-order valence-corrected chi connectivity index (χ2v) is 15.2. The summed E-state index contributed by atoms with van der Waals surface area (Å²) < 4.78 is 5.02. The van der Waals surface area contributed by atoms with Crippen LogP contribution in [0.15, 0.2) is 206 Å². The van der Waals surface area contributed by atoms with E-state index in [4.69, 9.17) is 0 Å². The van der Waals surface area contributed by atoms with Gasteiger partial charge in [0.25, 0.3) is 0 Å². The van der Waals surface area contributed by atoms with Gasteiger partial charge in [-0.25, -0.2) is 0 Å². The molecular weight excluding hydrogens is 685 g/mol. The second kappa shape index (κ2) is 12.9. The van der Waals surface area contributed by atoms with E-state index in [0.717, 1.165) is 11.4 Å². The number of thiophene rings is 1. The maximum Gasteiger partial charge on any atom is 0.0547 e. The fourth-order valence-corrected chi connectivity index (χ4v) is 9.61. The molecule has 0 unspecified atom stereocenters. The molecule has 0 fully saturated rings. The molecule has 0 bridgehead atoms. The number of hydrogen-bond donors (Lipinski definition) is 0. The number of fused-ring (bicyclic) bond motifs is 8. The second-order valence-electron chi connectivity index (χ2n) is 14.1. The quantitative estimate of drug-likeness (QED) is 0.166. The molecule has 2 aromatic heterocycles. The normalized spacial score (nSPS) is 11.6. The summed E-state index contributed by atoms with van der Waals surface area (Å²) in [7, 11) is 0. The van der Waals surface area contributed by atoms with Crippen LogP contribution in [-0.2, 0) is 0 Å². The van der Waals surface area contributed by atoms with Gasteiger partial charge in [-0.15, -0.1) is 11.3 Å². The van der Waals surface area contributed by atoms with Gasteiger partial charge in [-0.2, -0.15) is 0 Å². The van der Waals surface area contributed by atoms with Crippen molar-refractivity contribution in [3.63, 3.8) is 0 Å². The van der Waals surface area contributed by atoms with Crippen molar-refractivity contribution < 1.29 is 0 Å². The van der Waals surface area contributed by atoms with E-state index in [-0.39, 0.29) is 0 Å². The highest BCUT2D eigenvalue weighted by Crippen LogP contribution is 2.47. The van der Waals surface area contributed by atoms with Gasteiger partial charge in [0.2, 0.25) is 0 Å². The molecule has 0 aliphatic carbocycles. The van der Waals surface area contributed by atoms with Gasteiger partial charge in [0.1, 0.15) is 0 Å². The van der Waals surface area contributed by atoms with Crippen LogP contribution < -0.4 is 4.90 Å². The Kier molecular flexibility index (Phi) is 7.39. The van der Waals surface area contributed by atoms with Crippen molar-refractivity contribution in [2.45, 2.75) is 0 Å². The summed E-state index contributed by atoms with van der Waals surface area (Å²) in [5, 5.41) is 7.62. The maximum atomic E-state index is 2.43. The lowest BCUT2D eigenvalue weighted by atomic mass is 10.00. The van der Waals surface area contributed by atoms with Gasteiger partial charge in [0.15, 0.2) is 0 Å². The van der Waals surface area contributed by atoms with E-state index in [2.05, 4.69) is 216 Å². The number of benzene rings is 9. The van der Waals surface area contributed by atoms with E-state index in [1.165, 1.54) is 86.4 Å². The molecule has 0 radical (unpaired) electrons. The lowest BCUT2D eigenvalue weighted by Gasteiger charge is -2.27. The maximum absolute atomic E-state index is 2.43. The van der Waals surface area contributed by atoms with E-state index < -0.39 is 0 Å². The lowest BCUT2D eigenvalue weighted by Crippen LogP contribution is -2.10. The van der Waals surface area contributed by atoms with Gasteiger partial charge in [-0.05, 0) is 89.0 Å². The summed E-state index contributed by atoms with van der Waals surface area (Å²) in [6.45, 7) is 0. The summed E-state index contributed by atoms with van der Waals surface area (Å²) >= 11 is 1.88. The minimum Gasteiger partial charge on any atom is -0.310 e. The Labute approximate surface area is 323 Å². The van der Waals surface area contributed by atoms with E-state index in [9.17, 15) is 0 Å². The van der Waals surface area contributed by atoms with Crippen LogP contribution in [0, 0.1) is 0 Å². The zero-order valence-corrected chi connectivity index (χ0v) is 30.7. The molecule has 258 valence electrons. The average Bonchev–Trinajstić information content (AvgIpc) is 3.81. The first-order valence-corrected chi connectivity index (χ1v) is 19.6. The first kappa shape index (κ1) is 31.6. The number of rotatable bonds is 6. The molecule has 9 aromatic carbocycles. The predicted octanol–water partition coefficient (Wildman–Crippen LogP) is 15.1. The van der Waals surface area contributed by atoms with Crippen molar-refractivity contribution >= 4 is 81.1 Å². The SMILES string of the molecule is c1ccc(-c2ccc(N(c3ccc(-c4ccc5c(c4)c4ccccc4n5-c4ccccc4)cc3)c3cc4c5ccccc5sc4c4ccccc34)cc2)cc1. The largest absolute Gasteiger partial charge is 0.310 e. The highest BCUT2D eigenvalue weighted by atomic mass is 32.1. The Morgan fingerprint density at radius 1 is 0.345 bits per heavy atom. The Balaban J connectivity index is 1.07. The molecular formula is C52H34N2S. The van der Waals surface area contributed by atoms with Gasteiger partial charge in [-0.3, -0.25) is 0 Å². The third-order valence-corrected chi connectivity index (χ3v) is 12.2. The van der Waals surface area contributed by atoms with Crippen LogP contribution in [0.2, 0.25) is 0 Å². The highest BCUT2D eigenvalue weighted by Gasteiger charge is 2.20. The molecule has 0 N–H and O–H groups in total. The Morgan fingerprint density at radius 3 is 1.60 bits per heavy atom. The number of aromatic nitrogens is 1. The Bertz CT molecular complexity index is 3180. The van der Waals surface area contributed by atoms with Crippen molar-refractivity contribution in [3.05, 3.63) is 206 Å². The van der Waals surface area contributed by atoms with Crippen molar-refractivity contribution in [2.75, 3.05) is 4.90 Å². The van der Waals surface area contributed by atoms with Gasteiger partial charge >= 0.3 is 0 Å². The van der Waals surface area contributed by atoms with Gasteiger partial charge in [0.05, 0.1) is 16.7 Å². The molecule has 0 saturated carbocycles. The zero-order chi connectivity index (χ0) is 36.3. The molecule has 0 aliphatic heterocycles. The molecule has 0 aliphatic rings. The molecule has 2 heterocycles. The standard InChI is InChI=1S/C52H34N2S/c1-3-13-35(14-4-1)36-23-28-40(29-24-36)53(50-34-47-44-19-10-12-22-51(44)55-52(47)45-20-8-7-17-42(45)50)41-30-25-37(26-31-41)38-27-32-49-46(33-38)43-18-9-11-21-48(43)54(49)39-15-5-2-6-16-39/h1-34H. The predicted molar refractivity (Wildman–Crippen MR) is 237 cm³/mol. The van der Waals surface area contributed by atoms with Crippen molar-refractivity contribution in [2.24, 2.45) is 0 Å². The smallest absolute Gasteiger partial charge is 0.0547 e. The average molecular weight is 719 g/mol. The third kappa shape index (κ3) is 5.24. The van der Waals surface area contributed by atoms with Gasteiger partial charge in [0, 0.05) is 58.8 Å². The Hall–Kier alpha value is -6.94. The van der Waals surface area contributed by atoms with E-state index >= 15 is 0 Å². The number of para-hydroxylation sites is 2. The van der Waals surface area contributed by atoms with Crippen molar-refractivity contribution in [1.29, 1.82) is 0 Å². The topological polar surface area (TPSA) is 8.17 Å². The van der Waals surface area contributed by atoms with Gasteiger partial charge < -0.3 is 9.47 Å². The van der Waals surface area contributed by atoms with E-state index in [1.54, 1.807) is 0 Å². The Morgan fingerprint density at radius 2 is 0.873 bits per heavy atom. The fraction of sp³-hybridized carbons (Fsp3) is 0. The number of anilines is 3. The third-order valence-electron chi connectivity index (χ3n) is 11.0. The number of hydrogen-bond acceptors (Lipinski definition) is 2. The van der Waals surface area contributed by atoms with Crippen molar-refractivity contribution in [1.82, 2.24) is 4.57 Å².